The second-order valence-corrected chi connectivity index (χ2v) is 6.08. The Hall–Kier alpha value is -2.12. The van der Waals surface area contributed by atoms with Gasteiger partial charge in [-0.25, -0.2) is 0 Å². The summed E-state index contributed by atoms with van der Waals surface area (Å²) in [7, 11) is 0. The van der Waals surface area contributed by atoms with Crippen molar-refractivity contribution in [1.82, 2.24) is 0 Å². The van der Waals surface area contributed by atoms with E-state index in [1.165, 1.54) is 0 Å². The fourth-order valence-corrected chi connectivity index (χ4v) is 3.30. The number of nitrogens with zero attached hydrogens (tertiary/aromatic N) is 1. The van der Waals surface area contributed by atoms with E-state index in [4.69, 9.17) is 4.74 Å². The Kier molecular flexibility index (Phi) is 4.03. The summed E-state index contributed by atoms with van der Waals surface area (Å²) < 4.78 is 5.68. The molecule has 2 aromatic carbocycles. The molecule has 0 radical (unpaired) electrons. The number of benzene rings is 2. The van der Waals surface area contributed by atoms with Crippen molar-refractivity contribution in [2.45, 2.75) is 17.9 Å². The zero-order valence-electron chi connectivity index (χ0n) is 11.8. The molecule has 1 aliphatic heterocycles. The Morgan fingerprint density at radius 3 is 2.95 bits per heavy atom. The van der Waals surface area contributed by atoms with E-state index in [9.17, 15) is 5.26 Å². The van der Waals surface area contributed by atoms with Crippen LogP contribution >= 0.6 is 11.8 Å². The fourth-order valence-electron chi connectivity index (χ4n) is 2.51. The molecule has 0 bridgehead atoms. The second kappa shape index (κ2) is 6.11. The number of ether oxygens (including phenoxy) is 1. The van der Waals surface area contributed by atoms with E-state index < -0.39 is 0 Å². The molecule has 2 aromatic rings. The summed E-state index contributed by atoms with van der Waals surface area (Å²) in [5.41, 5.74) is 2.74. The molecule has 0 saturated carbocycles. The molecule has 0 aromatic heterocycles. The van der Waals surface area contributed by atoms with Crippen LogP contribution in [0.3, 0.4) is 0 Å². The van der Waals surface area contributed by atoms with Gasteiger partial charge in [-0.15, -0.1) is 11.8 Å². The molecular formula is C17H16N2OS. The quantitative estimate of drug-likeness (QED) is 0.858. The fraction of sp³-hybridized carbons (Fsp3) is 0.235. The Morgan fingerprint density at radius 2 is 2.14 bits per heavy atom. The Labute approximate surface area is 128 Å². The zero-order valence-corrected chi connectivity index (χ0v) is 12.6. The van der Waals surface area contributed by atoms with Crippen LogP contribution in [0.5, 0.6) is 5.75 Å². The van der Waals surface area contributed by atoms with E-state index >= 15 is 0 Å². The number of anilines is 1. The lowest BCUT2D eigenvalue weighted by Gasteiger charge is -2.16. The second-order valence-electron chi connectivity index (χ2n) is 4.77. The van der Waals surface area contributed by atoms with Crippen molar-refractivity contribution in [3.05, 3.63) is 53.6 Å². The molecule has 3 rings (SSSR count). The SMILES string of the molecule is CCSc1cccc(NC2COc3ccccc32)c1C#N. The van der Waals surface area contributed by atoms with Crippen LogP contribution in [0.15, 0.2) is 47.4 Å². The van der Waals surface area contributed by atoms with Gasteiger partial charge in [0.15, 0.2) is 0 Å². The van der Waals surface area contributed by atoms with Gasteiger partial charge in [-0.3, -0.25) is 0 Å². The van der Waals surface area contributed by atoms with Gasteiger partial charge in [0.25, 0.3) is 0 Å². The van der Waals surface area contributed by atoms with Gasteiger partial charge in [0.2, 0.25) is 0 Å². The van der Waals surface area contributed by atoms with Gasteiger partial charge in [-0.1, -0.05) is 31.2 Å². The van der Waals surface area contributed by atoms with Crippen LogP contribution in [0.25, 0.3) is 0 Å². The lowest BCUT2D eigenvalue weighted by molar-refractivity contribution is 0.340. The molecule has 1 atom stereocenters. The Bertz CT molecular complexity index is 693. The van der Waals surface area contributed by atoms with Gasteiger partial charge >= 0.3 is 0 Å². The minimum Gasteiger partial charge on any atom is -0.491 e. The molecule has 1 unspecified atom stereocenters. The monoisotopic (exact) mass is 296 g/mol. The average Bonchev–Trinajstić information content (AvgIpc) is 2.91. The topological polar surface area (TPSA) is 45.0 Å². The molecule has 4 heteroatoms. The van der Waals surface area contributed by atoms with E-state index in [-0.39, 0.29) is 6.04 Å². The third-order valence-corrected chi connectivity index (χ3v) is 4.41. The van der Waals surface area contributed by atoms with Crippen molar-refractivity contribution >= 4 is 17.4 Å². The molecule has 106 valence electrons. The molecule has 0 aliphatic carbocycles. The lowest BCUT2D eigenvalue weighted by Crippen LogP contribution is -2.13. The molecule has 21 heavy (non-hydrogen) atoms. The lowest BCUT2D eigenvalue weighted by atomic mass is 10.1. The molecule has 1 heterocycles. The largest absolute Gasteiger partial charge is 0.491 e. The van der Waals surface area contributed by atoms with E-state index in [2.05, 4.69) is 24.4 Å². The van der Waals surface area contributed by atoms with Crippen molar-refractivity contribution in [2.24, 2.45) is 0 Å². The molecular weight excluding hydrogens is 280 g/mol. The van der Waals surface area contributed by atoms with Gasteiger partial charge in [0.05, 0.1) is 17.3 Å². The number of hydrogen-bond acceptors (Lipinski definition) is 4. The van der Waals surface area contributed by atoms with E-state index in [0.29, 0.717) is 12.2 Å². The first-order chi connectivity index (χ1) is 10.3. The summed E-state index contributed by atoms with van der Waals surface area (Å²) in [6.45, 7) is 2.68. The number of rotatable bonds is 4. The van der Waals surface area contributed by atoms with Gasteiger partial charge in [0.1, 0.15) is 18.4 Å². The van der Waals surface area contributed by atoms with Crippen LogP contribution in [0, 0.1) is 11.3 Å². The van der Waals surface area contributed by atoms with Crippen molar-refractivity contribution in [2.75, 3.05) is 17.7 Å². The third-order valence-electron chi connectivity index (χ3n) is 3.47. The Balaban J connectivity index is 1.90. The average molecular weight is 296 g/mol. The molecule has 1 N–H and O–H groups in total. The number of hydrogen-bond donors (Lipinski definition) is 1. The summed E-state index contributed by atoms with van der Waals surface area (Å²) in [6, 6.07) is 16.4. The summed E-state index contributed by atoms with van der Waals surface area (Å²) in [5, 5.41) is 12.9. The van der Waals surface area contributed by atoms with E-state index in [0.717, 1.165) is 27.6 Å². The van der Waals surface area contributed by atoms with E-state index in [1.54, 1.807) is 11.8 Å². The van der Waals surface area contributed by atoms with Gasteiger partial charge in [-0.2, -0.15) is 5.26 Å². The van der Waals surface area contributed by atoms with E-state index in [1.807, 2.05) is 36.4 Å². The van der Waals surface area contributed by atoms with Crippen LogP contribution < -0.4 is 10.1 Å². The Morgan fingerprint density at radius 1 is 1.29 bits per heavy atom. The smallest absolute Gasteiger partial charge is 0.124 e. The van der Waals surface area contributed by atoms with Crippen molar-refractivity contribution < 1.29 is 4.74 Å². The maximum Gasteiger partial charge on any atom is 0.124 e. The first kappa shape index (κ1) is 13.8. The summed E-state index contributed by atoms with van der Waals surface area (Å²) in [6.07, 6.45) is 0. The number of nitriles is 1. The number of nitrogens with one attached hydrogen (secondary N) is 1. The number of fused-ring (bicyclic) bond motifs is 1. The normalized spacial score (nSPS) is 15.9. The molecule has 1 aliphatic rings. The van der Waals surface area contributed by atoms with Crippen LogP contribution in [0.2, 0.25) is 0 Å². The highest BCUT2D eigenvalue weighted by atomic mass is 32.2. The predicted octanol–water partition coefficient (Wildman–Crippen LogP) is 4.22. The number of thioether (sulfide) groups is 1. The molecule has 0 amide bonds. The van der Waals surface area contributed by atoms with Crippen LogP contribution in [0.4, 0.5) is 5.69 Å². The minimum atomic E-state index is 0.0928. The standard InChI is InChI=1S/C17H16N2OS/c1-2-21-17-9-5-7-14(13(17)10-18)19-15-11-20-16-8-4-3-6-12(15)16/h3-9,15,19H,2,11H2,1H3. The van der Waals surface area contributed by atoms with Crippen LogP contribution in [0.1, 0.15) is 24.1 Å². The predicted molar refractivity (Wildman–Crippen MR) is 85.9 cm³/mol. The summed E-state index contributed by atoms with van der Waals surface area (Å²) in [4.78, 5) is 1.03. The molecule has 0 spiro atoms. The summed E-state index contributed by atoms with van der Waals surface area (Å²) in [5.74, 6) is 1.88. The van der Waals surface area contributed by atoms with Crippen molar-refractivity contribution in [3.63, 3.8) is 0 Å². The highest BCUT2D eigenvalue weighted by Crippen LogP contribution is 2.36. The maximum atomic E-state index is 9.46. The van der Waals surface area contributed by atoms with Crippen LogP contribution in [-0.2, 0) is 0 Å². The molecule has 0 fully saturated rings. The summed E-state index contributed by atoms with van der Waals surface area (Å²) >= 11 is 1.69. The van der Waals surface area contributed by atoms with Crippen molar-refractivity contribution in [1.29, 1.82) is 5.26 Å². The first-order valence-electron chi connectivity index (χ1n) is 6.97. The first-order valence-corrected chi connectivity index (χ1v) is 7.96. The molecule has 0 saturated heterocycles. The van der Waals surface area contributed by atoms with Crippen LogP contribution in [-0.4, -0.2) is 12.4 Å². The third kappa shape index (κ3) is 2.70. The minimum absolute atomic E-state index is 0.0928. The van der Waals surface area contributed by atoms with Gasteiger partial charge in [0, 0.05) is 10.5 Å². The zero-order chi connectivity index (χ0) is 14.7. The molecule has 3 nitrogen and oxygen atoms in total. The highest BCUT2D eigenvalue weighted by molar-refractivity contribution is 7.99. The maximum absolute atomic E-state index is 9.46. The number of para-hydroxylation sites is 1. The van der Waals surface area contributed by atoms with Crippen molar-refractivity contribution in [3.8, 4) is 11.8 Å². The highest BCUT2D eigenvalue weighted by Gasteiger charge is 2.24. The van der Waals surface area contributed by atoms with Gasteiger partial charge < -0.3 is 10.1 Å². The van der Waals surface area contributed by atoms with Gasteiger partial charge in [-0.05, 0) is 24.0 Å².